The minimum atomic E-state index is -0.440. The van der Waals surface area contributed by atoms with Gasteiger partial charge in [0.05, 0.1) is 12.2 Å². The first-order chi connectivity index (χ1) is 5.77. The van der Waals surface area contributed by atoms with E-state index in [1.54, 1.807) is 0 Å². The molecule has 0 aromatic heterocycles. The van der Waals surface area contributed by atoms with E-state index in [1.807, 2.05) is 0 Å². The van der Waals surface area contributed by atoms with Crippen LogP contribution in [0.15, 0.2) is 0 Å². The fraction of sp³-hybridized carbons (Fsp3) is 1.00. The molecule has 0 saturated heterocycles. The van der Waals surface area contributed by atoms with Gasteiger partial charge in [-0.3, -0.25) is 0 Å². The fourth-order valence-corrected chi connectivity index (χ4v) is 2.84. The molecule has 2 aliphatic carbocycles. The van der Waals surface area contributed by atoms with Gasteiger partial charge in [-0.1, -0.05) is 25.7 Å². The Morgan fingerprint density at radius 3 is 1.58 bits per heavy atom. The molecule has 0 heterocycles. The van der Waals surface area contributed by atoms with E-state index in [0.717, 1.165) is 12.8 Å². The average molecular weight is 170 g/mol. The topological polar surface area (TPSA) is 40.5 Å². The SMILES string of the molecule is O[C@H]1C[C@H]2CCCC[C@H]2C[C@@H]1O. The molecule has 2 aliphatic rings. The zero-order chi connectivity index (χ0) is 8.55. The summed E-state index contributed by atoms with van der Waals surface area (Å²) in [5.41, 5.74) is 0. The lowest BCUT2D eigenvalue weighted by Crippen LogP contribution is -2.40. The molecule has 0 unspecified atom stereocenters. The molecule has 0 spiro atoms. The highest BCUT2D eigenvalue weighted by molar-refractivity contribution is 4.87. The van der Waals surface area contributed by atoms with Crippen LogP contribution < -0.4 is 0 Å². The third kappa shape index (κ3) is 1.50. The molecule has 0 radical (unpaired) electrons. The highest BCUT2D eigenvalue weighted by atomic mass is 16.3. The van der Waals surface area contributed by atoms with Crippen LogP contribution in [0.4, 0.5) is 0 Å². The molecular formula is C10H18O2. The summed E-state index contributed by atoms with van der Waals surface area (Å²) in [6.45, 7) is 0. The second kappa shape index (κ2) is 3.35. The lowest BCUT2D eigenvalue weighted by Gasteiger charge is -2.40. The first kappa shape index (κ1) is 8.52. The zero-order valence-corrected chi connectivity index (χ0v) is 7.45. The van der Waals surface area contributed by atoms with Gasteiger partial charge in [0.2, 0.25) is 0 Å². The van der Waals surface area contributed by atoms with Crippen molar-refractivity contribution in [1.29, 1.82) is 0 Å². The molecule has 0 aromatic rings. The third-order valence-corrected chi connectivity index (χ3v) is 3.60. The Labute approximate surface area is 73.6 Å². The standard InChI is InChI=1S/C10H18O2/c11-9-5-7-3-1-2-4-8(7)6-10(9)12/h7-12H,1-6H2/t7-,8+,9-,10-/m0/s1. The van der Waals surface area contributed by atoms with Crippen LogP contribution in [0, 0.1) is 11.8 Å². The summed E-state index contributed by atoms with van der Waals surface area (Å²) in [6.07, 6.45) is 5.99. The molecule has 0 amide bonds. The Bertz CT molecular complexity index is 140. The number of fused-ring (bicyclic) bond motifs is 1. The van der Waals surface area contributed by atoms with E-state index in [4.69, 9.17) is 0 Å². The van der Waals surface area contributed by atoms with Gasteiger partial charge in [-0.15, -0.1) is 0 Å². The number of hydrogen-bond donors (Lipinski definition) is 2. The van der Waals surface area contributed by atoms with E-state index < -0.39 is 12.2 Å². The summed E-state index contributed by atoms with van der Waals surface area (Å²) in [6, 6.07) is 0. The predicted molar refractivity (Wildman–Crippen MR) is 46.7 cm³/mol. The molecule has 0 aliphatic heterocycles. The van der Waals surface area contributed by atoms with Crippen LogP contribution in [-0.2, 0) is 0 Å². The highest BCUT2D eigenvalue weighted by Gasteiger charge is 2.36. The van der Waals surface area contributed by atoms with Crippen LogP contribution in [0.25, 0.3) is 0 Å². The number of hydrogen-bond acceptors (Lipinski definition) is 2. The van der Waals surface area contributed by atoms with Crippen molar-refractivity contribution in [2.45, 2.75) is 50.7 Å². The lowest BCUT2D eigenvalue weighted by molar-refractivity contribution is -0.0566. The second-order valence-electron chi connectivity index (χ2n) is 4.41. The van der Waals surface area contributed by atoms with Gasteiger partial charge in [0.25, 0.3) is 0 Å². The smallest absolute Gasteiger partial charge is 0.0802 e. The summed E-state index contributed by atoms with van der Waals surface area (Å²) < 4.78 is 0. The van der Waals surface area contributed by atoms with Gasteiger partial charge in [0, 0.05) is 0 Å². The van der Waals surface area contributed by atoms with Crippen LogP contribution in [0.3, 0.4) is 0 Å². The van der Waals surface area contributed by atoms with Gasteiger partial charge in [0.15, 0.2) is 0 Å². The van der Waals surface area contributed by atoms with Crippen molar-refractivity contribution in [3.8, 4) is 0 Å². The van der Waals surface area contributed by atoms with Crippen molar-refractivity contribution in [2.75, 3.05) is 0 Å². The monoisotopic (exact) mass is 170 g/mol. The van der Waals surface area contributed by atoms with E-state index >= 15 is 0 Å². The second-order valence-corrected chi connectivity index (χ2v) is 4.41. The van der Waals surface area contributed by atoms with Crippen LogP contribution in [0.2, 0.25) is 0 Å². The molecule has 0 bridgehead atoms. The average Bonchev–Trinajstić information content (AvgIpc) is 2.07. The Morgan fingerprint density at radius 2 is 1.17 bits per heavy atom. The quantitative estimate of drug-likeness (QED) is 0.575. The van der Waals surface area contributed by atoms with Gasteiger partial charge >= 0.3 is 0 Å². The molecule has 12 heavy (non-hydrogen) atoms. The van der Waals surface area contributed by atoms with E-state index in [0.29, 0.717) is 11.8 Å². The van der Waals surface area contributed by atoms with Crippen LogP contribution >= 0.6 is 0 Å². The number of aliphatic hydroxyl groups is 2. The molecule has 2 heteroatoms. The Kier molecular flexibility index (Phi) is 2.37. The maximum Gasteiger partial charge on any atom is 0.0802 e. The highest BCUT2D eigenvalue weighted by Crippen LogP contribution is 2.40. The van der Waals surface area contributed by atoms with E-state index in [9.17, 15) is 10.2 Å². The first-order valence-electron chi connectivity index (χ1n) is 5.13. The summed E-state index contributed by atoms with van der Waals surface area (Å²) >= 11 is 0. The summed E-state index contributed by atoms with van der Waals surface area (Å²) in [5, 5.41) is 18.9. The molecule has 2 N–H and O–H groups in total. The van der Waals surface area contributed by atoms with Crippen LogP contribution in [0.1, 0.15) is 38.5 Å². The molecule has 2 rings (SSSR count). The maximum absolute atomic E-state index is 9.47. The van der Waals surface area contributed by atoms with E-state index in [-0.39, 0.29) is 0 Å². The van der Waals surface area contributed by atoms with Gasteiger partial charge in [-0.2, -0.15) is 0 Å². The van der Waals surface area contributed by atoms with Gasteiger partial charge in [0.1, 0.15) is 0 Å². The van der Waals surface area contributed by atoms with Crippen molar-refractivity contribution in [1.82, 2.24) is 0 Å². The molecule has 70 valence electrons. The third-order valence-electron chi connectivity index (χ3n) is 3.60. The van der Waals surface area contributed by atoms with E-state index in [1.165, 1.54) is 25.7 Å². The number of rotatable bonds is 0. The zero-order valence-electron chi connectivity index (χ0n) is 7.45. The molecule has 2 nitrogen and oxygen atoms in total. The normalized spacial score (nSPS) is 48.5. The van der Waals surface area contributed by atoms with E-state index in [2.05, 4.69) is 0 Å². The Hall–Kier alpha value is -0.0800. The van der Waals surface area contributed by atoms with Gasteiger partial charge < -0.3 is 10.2 Å². The lowest BCUT2D eigenvalue weighted by atomic mass is 9.69. The fourth-order valence-electron chi connectivity index (χ4n) is 2.84. The maximum atomic E-state index is 9.47. The minimum absolute atomic E-state index is 0.440. The molecular weight excluding hydrogens is 152 g/mol. The van der Waals surface area contributed by atoms with Crippen molar-refractivity contribution in [3.63, 3.8) is 0 Å². The molecule has 2 fully saturated rings. The van der Waals surface area contributed by atoms with Gasteiger partial charge in [-0.05, 0) is 24.7 Å². The van der Waals surface area contributed by atoms with Crippen molar-refractivity contribution >= 4 is 0 Å². The van der Waals surface area contributed by atoms with Crippen molar-refractivity contribution < 1.29 is 10.2 Å². The van der Waals surface area contributed by atoms with Crippen molar-refractivity contribution in [3.05, 3.63) is 0 Å². The largest absolute Gasteiger partial charge is 0.390 e. The molecule has 4 atom stereocenters. The number of aliphatic hydroxyl groups excluding tert-OH is 2. The summed E-state index contributed by atoms with van der Waals surface area (Å²) in [4.78, 5) is 0. The van der Waals surface area contributed by atoms with Gasteiger partial charge in [-0.25, -0.2) is 0 Å². The molecule has 0 aromatic carbocycles. The van der Waals surface area contributed by atoms with Crippen LogP contribution in [-0.4, -0.2) is 22.4 Å². The Morgan fingerprint density at radius 1 is 0.750 bits per heavy atom. The van der Waals surface area contributed by atoms with Crippen molar-refractivity contribution in [2.24, 2.45) is 11.8 Å². The minimum Gasteiger partial charge on any atom is -0.390 e. The summed E-state index contributed by atoms with van der Waals surface area (Å²) in [5.74, 6) is 1.41. The first-order valence-corrected chi connectivity index (χ1v) is 5.13. The van der Waals surface area contributed by atoms with Crippen LogP contribution in [0.5, 0.6) is 0 Å². The predicted octanol–water partition coefficient (Wildman–Crippen LogP) is 1.31. The summed E-state index contributed by atoms with van der Waals surface area (Å²) in [7, 11) is 0. The Balaban J connectivity index is 1.98. The molecule has 2 saturated carbocycles.